The fraction of sp³-hybridized carbons (Fsp3) is 0.470. The summed E-state index contributed by atoms with van der Waals surface area (Å²) in [5.74, 6) is 9.02. The van der Waals surface area contributed by atoms with Crippen molar-refractivity contribution in [1.82, 2.24) is 139 Å². The molecule has 0 saturated carbocycles. The summed E-state index contributed by atoms with van der Waals surface area (Å²) in [4.78, 5) is 136. The number of carbonyl (C=O) groups excluding carboxylic acids is 3. The number of aliphatic hydroxyl groups is 1. The molecular formula is C100H133N37O10. The molecule has 19 rings (SSSR count). The van der Waals surface area contributed by atoms with E-state index in [2.05, 4.69) is 166 Å². The quantitative estimate of drug-likeness (QED) is 0.0106. The van der Waals surface area contributed by atoms with Crippen LogP contribution in [0.2, 0.25) is 0 Å². The lowest BCUT2D eigenvalue weighted by atomic mass is 9.93. The highest BCUT2D eigenvalue weighted by molar-refractivity contribution is 5.95. The van der Waals surface area contributed by atoms with Gasteiger partial charge in [-0.05, 0) is 136 Å². The number of primary amides is 1. The third-order valence-electron chi connectivity index (χ3n) is 26.6. The Balaban J connectivity index is 0.000000140. The predicted octanol–water partition coefficient (Wildman–Crippen LogP) is 7.19. The van der Waals surface area contributed by atoms with Gasteiger partial charge in [0.25, 0.3) is 0 Å². The fourth-order valence-corrected chi connectivity index (χ4v) is 18.7. The van der Waals surface area contributed by atoms with E-state index in [0.717, 1.165) is 206 Å². The number of ketones is 1. The first-order valence-corrected chi connectivity index (χ1v) is 50.2. The highest BCUT2D eigenvalue weighted by atomic mass is 16.5. The molecule has 47 heteroatoms. The molecule has 13 aromatic rings. The van der Waals surface area contributed by atoms with Gasteiger partial charge in [-0.1, -0.05) is 62.1 Å². The van der Waals surface area contributed by atoms with Crippen LogP contribution in [0.25, 0.3) is 96.3 Å². The first-order chi connectivity index (χ1) is 71.5. The summed E-state index contributed by atoms with van der Waals surface area (Å²) in [5, 5.41) is 33.2. The van der Waals surface area contributed by atoms with Crippen molar-refractivity contribution in [3.8, 4) is 45.6 Å². The summed E-state index contributed by atoms with van der Waals surface area (Å²) >= 11 is 0. The third kappa shape index (κ3) is 25.7. The second kappa shape index (κ2) is 49.9. The van der Waals surface area contributed by atoms with Gasteiger partial charge in [0.15, 0.2) is 97.0 Å². The van der Waals surface area contributed by atoms with Crippen LogP contribution in [0.1, 0.15) is 131 Å². The van der Waals surface area contributed by atoms with E-state index < -0.39 is 12.5 Å². The first kappa shape index (κ1) is 105. The predicted molar refractivity (Wildman–Crippen MR) is 559 cm³/mol. The number of Topliss-reactive ketones (excluding diaryl/α,β-unsaturated/α-hetero) is 1. The number of anilines is 8. The van der Waals surface area contributed by atoms with E-state index in [9.17, 15) is 19.5 Å². The number of hydrogen-bond donors (Lipinski definition) is 11. The van der Waals surface area contributed by atoms with Gasteiger partial charge in [0.1, 0.15) is 24.1 Å². The van der Waals surface area contributed by atoms with Crippen molar-refractivity contribution in [2.24, 2.45) is 17.6 Å². The molecule has 15 N–H and O–H groups in total. The zero-order chi connectivity index (χ0) is 103. The molecule has 17 heterocycles. The smallest absolute Gasteiger partial charge is 0.248 e. The maximum atomic E-state index is 12.0. The van der Waals surface area contributed by atoms with Crippen LogP contribution in [-0.2, 0) is 74.3 Å². The Morgan fingerprint density at radius 1 is 0.503 bits per heavy atom. The number of nitrogen functional groups attached to an aromatic ring is 3. The van der Waals surface area contributed by atoms with Crippen molar-refractivity contribution in [2.45, 2.75) is 138 Å². The largest absolute Gasteiger partial charge is 0.389 e. The van der Waals surface area contributed by atoms with E-state index in [-0.39, 0.29) is 47.4 Å². The maximum absolute atomic E-state index is 12.0. The number of ether oxygens (including phenoxy) is 4. The van der Waals surface area contributed by atoms with Crippen LogP contribution in [0, 0.1) is 11.8 Å². The standard InChI is InChI=1S/C31H36N8O3.C23H32N10O2.C23H34N10O2.C23H31N9O3/c1-4-39-26(20-37(3)19-23-12-10-22(11-13-23)9-8-21(2)36-41)33-27-30(38-14-16-42-17-15-38)34-29(35-31(27)39)25-7-5-6-24(18-25)28(32)40;1-3-33-17(14-31-6-4-15(5-7-31)22(34)25-2)28-18-20(32-8-10-35-11-9-32)29-19(30-21(18)33)16-12-26-23(24)27-13-16;1-3-33-18(15-25-8-6-4-5-7-16(2)31-34)28-19-21(32-9-11-35-12-10-32)29-20(30-22(19)33)17-13-26-23(24)27-14-17;1-14(2)32-21-18(27-23(32)31-5-3-15(4-6-31)17(34)13-33)20(30-7-9-35-10-8-30)28-19(29-21)16-11-25-22(24)26-12-16/h5-13,18,36,41H,2,4,14-17,19-20H2,1,3H3,(H2,32,40);12-13,15H,3-11,14H2,1-2H3,(H,25,34)(H2,24,26,27);13-14,25,31,34H,2-12,15H2,1H3,(H2,24,26,27);11-12,14-15,33H,3-10,13H2,1-2H3,(H2,24,25,26)/b9-8+;;;. The highest BCUT2D eigenvalue weighted by Crippen LogP contribution is 2.39. The number of carbonyl (C=O) groups is 3. The van der Waals surface area contributed by atoms with E-state index in [1.165, 1.54) is 5.56 Å². The second-order valence-electron chi connectivity index (χ2n) is 36.8. The van der Waals surface area contributed by atoms with Crippen LogP contribution >= 0.6 is 0 Å². The van der Waals surface area contributed by atoms with Gasteiger partial charge in [0, 0.05) is 171 Å². The molecule has 0 radical (unpaired) electrons. The molecule has 0 spiro atoms. The van der Waals surface area contributed by atoms with Gasteiger partial charge in [-0.15, -0.1) is 0 Å². The topological polar surface area (TPSA) is 575 Å². The number of nitrogens with two attached hydrogens (primary N) is 4. The summed E-state index contributed by atoms with van der Waals surface area (Å²) in [6.07, 6.45) is 20.4. The number of likely N-dealkylation sites (tertiary alicyclic amines) is 1. The Bertz CT molecular complexity index is 6700. The van der Waals surface area contributed by atoms with Gasteiger partial charge in [0.2, 0.25) is 35.6 Å². The summed E-state index contributed by atoms with van der Waals surface area (Å²) < 4.78 is 30.8. The van der Waals surface area contributed by atoms with E-state index in [1.807, 2.05) is 29.8 Å². The molecule has 0 unspecified atom stereocenters. The molecule has 778 valence electrons. The lowest BCUT2D eigenvalue weighted by molar-refractivity contribution is -0.126. The molecule has 11 aromatic heterocycles. The molecule has 147 heavy (non-hydrogen) atoms. The number of nitrogens with one attached hydrogen (secondary N) is 4. The Morgan fingerprint density at radius 3 is 1.38 bits per heavy atom. The first-order valence-electron chi connectivity index (χ1n) is 50.2. The van der Waals surface area contributed by atoms with Crippen LogP contribution in [0.3, 0.4) is 0 Å². The van der Waals surface area contributed by atoms with Crippen molar-refractivity contribution in [2.75, 3.05) is 200 Å². The number of aromatic nitrogens is 22. The Hall–Kier alpha value is -14.7. The van der Waals surface area contributed by atoms with E-state index in [0.29, 0.717) is 188 Å². The number of aliphatic hydroxyl groups excluding tert-OH is 1. The van der Waals surface area contributed by atoms with E-state index in [1.54, 1.807) is 68.5 Å². The van der Waals surface area contributed by atoms with Crippen LogP contribution < -0.4 is 69.0 Å². The normalized spacial score (nSPS) is 15.6. The Kier molecular flexibility index (Phi) is 35.7. The number of unbranched alkanes of at least 4 members (excludes halogenated alkanes) is 2. The number of hydrogen-bond acceptors (Lipinski definition) is 41. The number of rotatable bonds is 35. The number of morpholine rings is 4. The maximum Gasteiger partial charge on any atom is 0.248 e. The molecule has 0 atom stereocenters. The molecule has 6 saturated heterocycles. The summed E-state index contributed by atoms with van der Waals surface area (Å²) in [6.45, 7) is 37.2. The lowest BCUT2D eigenvalue weighted by Crippen LogP contribution is -2.39. The average Bonchev–Trinajstić information content (AvgIpc) is 1.60. The number of nitrogens with zero attached hydrogens (tertiary/aromatic N) is 29. The Morgan fingerprint density at radius 2 is 0.939 bits per heavy atom. The molecule has 6 fully saturated rings. The third-order valence-corrected chi connectivity index (χ3v) is 26.6. The molecule has 0 aliphatic carbocycles. The number of amides is 2. The van der Waals surface area contributed by atoms with Crippen molar-refractivity contribution in [3.05, 3.63) is 151 Å². The van der Waals surface area contributed by atoms with Gasteiger partial charge < -0.3 is 95.8 Å². The van der Waals surface area contributed by atoms with E-state index in [4.69, 9.17) is 112 Å². The molecule has 6 aliphatic rings. The van der Waals surface area contributed by atoms with E-state index >= 15 is 0 Å². The van der Waals surface area contributed by atoms with Crippen molar-refractivity contribution in [1.29, 1.82) is 0 Å². The number of aryl methyl sites for hydroxylation is 3. The highest BCUT2D eigenvalue weighted by Gasteiger charge is 2.35. The van der Waals surface area contributed by atoms with Gasteiger partial charge in [-0.3, -0.25) is 50.1 Å². The summed E-state index contributed by atoms with van der Waals surface area (Å²) in [5.41, 5.74) is 39.4. The molecule has 2 amide bonds. The summed E-state index contributed by atoms with van der Waals surface area (Å²) in [7, 11) is 3.77. The number of allylic oxidation sites excluding steroid dienone is 2. The zero-order valence-electron chi connectivity index (χ0n) is 84.5. The molecule has 0 bridgehead atoms. The van der Waals surface area contributed by atoms with Gasteiger partial charge in [0.05, 0.1) is 94.9 Å². The summed E-state index contributed by atoms with van der Waals surface area (Å²) in [6, 6.07) is 15.4. The minimum absolute atomic E-state index is 0.0853. The lowest BCUT2D eigenvalue weighted by Gasteiger charge is -2.32. The molecule has 2 aromatic carbocycles. The molecule has 6 aliphatic heterocycles. The number of imidazole rings is 4. The van der Waals surface area contributed by atoms with Crippen LogP contribution in [0.15, 0.2) is 116 Å². The van der Waals surface area contributed by atoms with Crippen LogP contribution in [0.4, 0.5) is 47.1 Å². The van der Waals surface area contributed by atoms with Crippen molar-refractivity contribution in [3.63, 3.8) is 0 Å². The van der Waals surface area contributed by atoms with Crippen molar-refractivity contribution >= 4 is 115 Å². The fourth-order valence-electron chi connectivity index (χ4n) is 18.7. The minimum atomic E-state index is -0.494. The SMILES string of the molecule is C=C(/C=C/c1ccc(CN(C)Cc2nc3c(N4CCOCC4)nc(-c4cccc(C(N)=O)c4)nc3n2CC)cc1)NO.C=C(CCCCCNCc1nc2c(N3CCOCC3)nc(-c3cnc(N)nc3)nc2n1CC)NO.CC(C)n1c(N2CCC(C(=O)CO)CC2)nc2c(N3CCOCC3)nc(-c3cnc(N)nc3)nc21.CCn1c(CN2CCC(C(=O)NC)CC2)nc2c(N3CCOCC3)nc(-c3cnc(N)nc3)nc21. The Labute approximate surface area is 851 Å². The average molecular weight is 2010 g/mol. The van der Waals surface area contributed by atoms with Gasteiger partial charge >= 0.3 is 0 Å². The van der Waals surface area contributed by atoms with Crippen molar-refractivity contribution < 1.29 is 48.9 Å². The number of hydroxylamine groups is 2. The second-order valence-corrected chi connectivity index (χ2v) is 36.8. The van der Waals surface area contributed by atoms with Crippen LogP contribution in [-0.4, -0.2) is 310 Å². The zero-order valence-corrected chi connectivity index (χ0v) is 84.5. The minimum Gasteiger partial charge on any atom is -0.389 e. The molecular weight excluding hydrogens is 1880 g/mol. The number of piperidine rings is 2. The van der Waals surface area contributed by atoms with Crippen LogP contribution in [0.5, 0.6) is 0 Å². The van der Waals surface area contributed by atoms with Gasteiger partial charge in [-0.2, -0.15) is 0 Å². The number of benzene rings is 2. The number of fused-ring (bicyclic) bond motifs is 4. The van der Waals surface area contributed by atoms with Gasteiger partial charge in [-0.25, -0.2) is 89.7 Å². The molecule has 47 nitrogen and oxygen atoms in total. The monoisotopic (exact) mass is 2010 g/mol.